The molecular formula is C20H27NO3. The van der Waals surface area contributed by atoms with Crippen LogP contribution in [-0.4, -0.2) is 35.7 Å². The lowest BCUT2D eigenvalue weighted by molar-refractivity contribution is -0.148. The highest BCUT2D eigenvalue weighted by Gasteiger charge is 2.30. The molecule has 1 aliphatic heterocycles. The van der Waals surface area contributed by atoms with Crippen molar-refractivity contribution in [1.29, 1.82) is 0 Å². The minimum Gasteiger partial charge on any atom is -0.457 e. The van der Waals surface area contributed by atoms with E-state index < -0.39 is 5.60 Å². The zero-order valence-corrected chi connectivity index (χ0v) is 14.8. The van der Waals surface area contributed by atoms with Gasteiger partial charge in [-0.15, -0.1) is 6.58 Å². The van der Waals surface area contributed by atoms with E-state index in [-0.39, 0.29) is 12.1 Å². The first-order valence-electron chi connectivity index (χ1n) is 8.35. The number of hydrogen-bond donors (Lipinski definition) is 0. The van der Waals surface area contributed by atoms with Crippen molar-refractivity contribution in [3.05, 3.63) is 60.3 Å². The molecule has 2 rings (SSSR count). The second kappa shape index (κ2) is 8.15. The van der Waals surface area contributed by atoms with Crippen LogP contribution in [0.5, 0.6) is 0 Å². The summed E-state index contributed by atoms with van der Waals surface area (Å²) < 4.78 is 11.3. The molecule has 1 aliphatic rings. The molecule has 0 amide bonds. The standard InChI is InChI=1S/C20H27NO3/c1-5-13-23-18-11-12-21(15-16-9-7-6-8-10-16)17(18)14-19(22)24-20(2,3)4/h5-10,14,18H,1,11-13,15H2,2-4H3/b17-14+. The lowest BCUT2D eigenvalue weighted by Crippen LogP contribution is -2.26. The maximum atomic E-state index is 12.2. The lowest BCUT2D eigenvalue weighted by atomic mass is 10.2. The van der Waals surface area contributed by atoms with E-state index in [0.29, 0.717) is 6.61 Å². The number of carbonyl (C=O) groups excluding carboxylic acids is 1. The van der Waals surface area contributed by atoms with Gasteiger partial charge in [0.1, 0.15) is 5.60 Å². The van der Waals surface area contributed by atoms with E-state index in [1.54, 1.807) is 12.2 Å². The van der Waals surface area contributed by atoms with Gasteiger partial charge in [-0.25, -0.2) is 4.79 Å². The van der Waals surface area contributed by atoms with Gasteiger partial charge in [0.25, 0.3) is 0 Å². The Morgan fingerprint density at radius 1 is 1.33 bits per heavy atom. The second-order valence-electron chi connectivity index (χ2n) is 6.91. The molecule has 1 heterocycles. The highest BCUT2D eigenvalue weighted by Crippen LogP contribution is 2.27. The third-order valence-electron chi connectivity index (χ3n) is 3.66. The normalized spacial score (nSPS) is 19.5. The third kappa shape index (κ3) is 5.53. The van der Waals surface area contributed by atoms with Gasteiger partial charge in [-0.1, -0.05) is 36.4 Å². The van der Waals surface area contributed by atoms with Gasteiger partial charge in [-0.05, 0) is 32.8 Å². The van der Waals surface area contributed by atoms with Crippen LogP contribution in [0.1, 0.15) is 32.8 Å². The number of benzene rings is 1. The van der Waals surface area contributed by atoms with Crippen LogP contribution in [-0.2, 0) is 20.8 Å². The Hall–Kier alpha value is -2.07. The first-order valence-corrected chi connectivity index (χ1v) is 8.35. The monoisotopic (exact) mass is 329 g/mol. The Kier molecular flexibility index (Phi) is 6.21. The lowest BCUT2D eigenvalue weighted by Gasteiger charge is -2.24. The summed E-state index contributed by atoms with van der Waals surface area (Å²) >= 11 is 0. The first kappa shape index (κ1) is 18.3. The fraction of sp³-hybridized carbons (Fsp3) is 0.450. The highest BCUT2D eigenvalue weighted by molar-refractivity contribution is 5.83. The van der Waals surface area contributed by atoms with Crippen LogP contribution in [0.3, 0.4) is 0 Å². The number of nitrogens with zero attached hydrogens (tertiary/aromatic N) is 1. The van der Waals surface area contributed by atoms with Gasteiger partial charge >= 0.3 is 5.97 Å². The average molecular weight is 329 g/mol. The van der Waals surface area contributed by atoms with E-state index in [4.69, 9.17) is 9.47 Å². The molecule has 1 unspecified atom stereocenters. The summed E-state index contributed by atoms with van der Waals surface area (Å²) in [6, 6.07) is 10.2. The molecular weight excluding hydrogens is 302 g/mol. The van der Waals surface area contributed by atoms with Gasteiger partial charge in [-0.2, -0.15) is 0 Å². The van der Waals surface area contributed by atoms with Gasteiger partial charge in [-0.3, -0.25) is 0 Å². The Morgan fingerprint density at radius 2 is 2.04 bits per heavy atom. The SMILES string of the molecule is C=CCOC1CCN(Cc2ccccc2)/C1=C/C(=O)OC(C)(C)C. The average Bonchev–Trinajstić information content (AvgIpc) is 2.86. The van der Waals surface area contributed by atoms with Crippen molar-refractivity contribution in [3.8, 4) is 0 Å². The molecule has 1 aromatic carbocycles. The van der Waals surface area contributed by atoms with Crippen LogP contribution in [0.15, 0.2) is 54.8 Å². The van der Waals surface area contributed by atoms with Crippen LogP contribution in [0.25, 0.3) is 0 Å². The quantitative estimate of drug-likeness (QED) is 0.453. The van der Waals surface area contributed by atoms with Gasteiger partial charge in [0.15, 0.2) is 0 Å². The summed E-state index contributed by atoms with van der Waals surface area (Å²) in [5.74, 6) is -0.329. The summed E-state index contributed by atoms with van der Waals surface area (Å²) in [4.78, 5) is 14.4. The van der Waals surface area contributed by atoms with Crippen molar-refractivity contribution < 1.29 is 14.3 Å². The van der Waals surface area contributed by atoms with Crippen LogP contribution in [0.4, 0.5) is 0 Å². The van der Waals surface area contributed by atoms with Crippen molar-refractivity contribution in [2.45, 2.75) is 45.4 Å². The van der Waals surface area contributed by atoms with Crippen molar-refractivity contribution in [2.75, 3.05) is 13.2 Å². The Labute approximate surface area is 144 Å². The van der Waals surface area contributed by atoms with Gasteiger partial charge in [0.2, 0.25) is 0 Å². The number of rotatable bonds is 6. The molecule has 0 spiro atoms. The minimum atomic E-state index is -0.505. The summed E-state index contributed by atoms with van der Waals surface area (Å²) in [7, 11) is 0. The van der Waals surface area contributed by atoms with Crippen LogP contribution < -0.4 is 0 Å². The minimum absolute atomic E-state index is 0.0979. The Bertz CT molecular complexity index is 587. The highest BCUT2D eigenvalue weighted by atomic mass is 16.6. The number of ether oxygens (including phenoxy) is 2. The molecule has 0 aromatic heterocycles. The summed E-state index contributed by atoms with van der Waals surface area (Å²) in [5, 5.41) is 0. The van der Waals surface area contributed by atoms with Crippen molar-refractivity contribution in [1.82, 2.24) is 4.90 Å². The van der Waals surface area contributed by atoms with E-state index in [0.717, 1.165) is 25.2 Å². The number of carbonyl (C=O) groups is 1. The molecule has 0 N–H and O–H groups in total. The molecule has 1 fully saturated rings. The third-order valence-corrected chi connectivity index (χ3v) is 3.66. The maximum absolute atomic E-state index is 12.2. The van der Waals surface area contributed by atoms with E-state index in [9.17, 15) is 4.79 Å². The molecule has 130 valence electrons. The molecule has 4 heteroatoms. The maximum Gasteiger partial charge on any atom is 0.333 e. The Morgan fingerprint density at radius 3 is 2.67 bits per heavy atom. The zero-order chi connectivity index (χ0) is 17.6. The molecule has 1 atom stereocenters. The van der Waals surface area contributed by atoms with E-state index >= 15 is 0 Å². The molecule has 0 bridgehead atoms. The van der Waals surface area contributed by atoms with E-state index in [1.807, 2.05) is 39.0 Å². The van der Waals surface area contributed by atoms with Gasteiger partial charge < -0.3 is 14.4 Å². The Balaban J connectivity index is 2.16. The largest absolute Gasteiger partial charge is 0.457 e. The number of hydrogen-bond acceptors (Lipinski definition) is 4. The predicted octanol–water partition coefficient (Wildman–Crippen LogP) is 3.69. The summed E-state index contributed by atoms with van der Waals surface area (Å²) in [6.45, 7) is 11.4. The summed E-state index contributed by atoms with van der Waals surface area (Å²) in [5.41, 5.74) is 1.58. The molecule has 0 aliphatic carbocycles. The molecule has 0 saturated carbocycles. The van der Waals surface area contributed by atoms with Crippen LogP contribution >= 0.6 is 0 Å². The van der Waals surface area contributed by atoms with Gasteiger partial charge in [0, 0.05) is 19.2 Å². The number of esters is 1. The van der Waals surface area contributed by atoms with Crippen molar-refractivity contribution >= 4 is 5.97 Å². The smallest absolute Gasteiger partial charge is 0.333 e. The first-order chi connectivity index (χ1) is 11.4. The predicted molar refractivity (Wildman–Crippen MR) is 95.3 cm³/mol. The topological polar surface area (TPSA) is 38.8 Å². The van der Waals surface area contributed by atoms with Crippen molar-refractivity contribution in [2.24, 2.45) is 0 Å². The number of likely N-dealkylation sites (tertiary alicyclic amines) is 1. The molecule has 1 saturated heterocycles. The van der Waals surface area contributed by atoms with Crippen LogP contribution in [0.2, 0.25) is 0 Å². The zero-order valence-electron chi connectivity index (χ0n) is 14.8. The fourth-order valence-electron chi connectivity index (χ4n) is 2.72. The molecule has 4 nitrogen and oxygen atoms in total. The van der Waals surface area contributed by atoms with E-state index in [1.165, 1.54) is 5.56 Å². The molecule has 0 radical (unpaired) electrons. The molecule has 1 aromatic rings. The summed E-state index contributed by atoms with van der Waals surface area (Å²) in [6.07, 6.45) is 4.06. The van der Waals surface area contributed by atoms with Crippen molar-refractivity contribution in [3.63, 3.8) is 0 Å². The second-order valence-corrected chi connectivity index (χ2v) is 6.91. The van der Waals surface area contributed by atoms with Gasteiger partial charge in [0.05, 0.1) is 18.4 Å². The fourth-order valence-corrected chi connectivity index (χ4v) is 2.72. The van der Waals surface area contributed by atoms with E-state index in [2.05, 4.69) is 23.6 Å². The van der Waals surface area contributed by atoms with Crippen LogP contribution in [0, 0.1) is 0 Å². The molecule has 24 heavy (non-hydrogen) atoms.